The quantitative estimate of drug-likeness (QED) is 0.873. The zero-order valence-corrected chi connectivity index (χ0v) is 12.3. The summed E-state index contributed by atoms with van der Waals surface area (Å²) in [4.78, 5) is 15.0. The average molecular weight is 271 g/mol. The molecule has 0 radical (unpaired) electrons. The van der Waals surface area contributed by atoms with Crippen LogP contribution in [-0.4, -0.2) is 24.1 Å². The first-order valence-corrected chi connectivity index (χ1v) is 9.68. The van der Waals surface area contributed by atoms with Gasteiger partial charge in [0.15, 0.2) is 0 Å². The summed E-state index contributed by atoms with van der Waals surface area (Å²) >= 11 is 0. The molecule has 19 heavy (non-hydrogen) atoms. The molecule has 0 fully saturated rings. The summed E-state index contributed by atoms with van der Waals surface area (Å²) in [7, 11) is -1.28. The number of carboxylic acid groups (broad SMARTS) is 1. The van der Waals surface area contributed by atoms with Crippen LogP contribution in [0.2, 0.25) is 19.6 Å². The normalized spacial score (nSPS) is 11.3. The van der Waals surface area contributed by atoms with E-state index in [-0.39, 0.29) is 5.56 Å². The highest BCUT2D eigenvalue weighted by atomic mass is 28.3. The topological polar surface area (TPSA) is 50.2 Å². The maximum absolute atomic E-state index is 10.8. The van der Waals surface area contributed by atoms with Crippen molar-refractivity contribution in [3.63, 3.8) is 0 Å². The van der Waals surface area contributed by atoms with Gasteiger partial charge in [0, 0.05) is 11.8 Å². The first-order valence-electron chi connectivity index (χ1n) is 6.18. The first-order chi connectivity index (χ1) is 8.88. The molecular weight excluding hydrogens is 254 g/mol. The molecule has 2 aromatic rings. The van der Waals surface area contributed by atoms with Gasteiger partial charge in [0.2, 0.25) is 0 Å². The van der Waals surface area contributed by atoms with E-state index in [1.165, 1.54) is 11.4 Å². The van der Waals surface area contributed by atoms with Crippen molar-refractivity contribution in [3.8, 4) is 11.3 Å². The molecule has 4 heteroatoms. The number of rotatable bonds is 3. The van der Waals surface area contributed by atoms with Crippen LogP contribution in [0.5, 0.6) is 0 Å². The molecule has 0 spiro atoms. The van der Waals surface area contributed by atoms with Gasteiger partial charge in [-0.25, -0.2) is 4.79 Å². The van der Waals surface area contributed by atoms with Gasteiger partial charge in [-0.3, -0.25) is 4.98 Å². The molecule has 1 aromatic carbocycles. The van der Waals surface area contributed by atoms with Crippen molar-refractivity contribution in [2.24, 2.45) is 0 Å². The van der Waals surface area contributed by atoms with Crippen LogP contribution in [0, 0.1) is 0 Å². The van der Waals surface area contributed by atoms with Crippen LogP contribution < -0.4 is 5.19 Å². The van der Waals surface area contributed by atoms with Gasteiger partial charge >= 0.3 is 5.97 Å². The molecule has 0 saturated heterocycles. The van der Waals surface area contributed by atoms with E-state index >= 15 is 0 Å². The van der Waals surface area contributed by atoms with E-state index in [0.29, 0.717) is 0 Å². The van der Waals surface area contributed by atoms with Crippen LogP contribution in [0.25, 0.3) is 11.3 Å². The van der Waals surface area contributed by atoms with Crippen molar-refractivity contribution in [3.05, 3.63) is 48.2 Å². The summed E-state index contributed by atoms with van der Waals surface area (Å²) in [5.74, 6) is -0.951. The van der Waals surface area contributed by atoms with Gasteiger partial charge < -0.3 is 5.11 Å². The van der Waals surface area contributed by atoms with Crippen molar-refractivity contribution in [1.29, 1.82) is 0 Å². The summed E-state index contributed by atoms with van der Waals surface area (Å²) in [6, 6.07) is 11.7. The van der Waals surface area contributed by atoms with Crippen molar-refractivity contribution >= 4 is 19.2 Å². The number of hydrogen-bond donors (Lipinski definition) is 1. The minimum absolute atomic E-state index is 0.211. The maximum atomic E-state index is 10.8. The molecule has 0 bridgehead atoms. The SMILES string of the molecule is C[Si](C)(C)c1ccc(-c2ccc(C(=O)O)cn2)cc1. The van der Waals surface area contributed by atoms with Crippen LogP contribution in [0.4, 0.5) is 0 Å². The molecule has 0 aliphatic heterocycles. The second-order valence-electron chi connectivity index (χ2n) is 5.56. The maximum Gasteiger partial charge on any atom is 0.337 e. The van der Waals surface area contributed by atoms with Crippen LogP contribution >= 0.6 is 0 Å². The number of aromatic nitrogens is 1. The summed E-state index contributed by atoms with van der Waals surface area (Å²) in [6.07, 6.45) is 1.39. The van der Waals surface area contributed by atoms with Crippen LogP contribution in [-0.2, 0) is 0 Å². The molecular formula is C15H17NO2Si. The highest BCUT2D eigenvalue weighted by Crippen LogP contribution is 2.16. The molecule has 0 saturated carbocycles. The first kappa shape index (κ1) is 13.5. The van der Waals surface area contributed by atoms with Crippen LogP contribution in [0.1, 0.15) is 10.4 Å². The van der Waals surface area contributed by atoms with Gasteiger partial charge in [-0.2, -0.15) is 0 Å². The number of carboxylic acids is 1. The van der Waals surface area contributed by atoms with Crippen LogP contribution in [0.15, 0.2) is 42.6 Å². The highest BCUT2D eigenvalue weighted by Gasteiger charge is 2.15. The van der Waals surface area contributed by atoms with E-state index in [2.05, 4.69) is 48.9 Å². The third-order valence-electron chi connectivity index (χ3n) is 3.06. The Hall–Kier alpha value is -1.94. The van der Waals surface area contributed by atoms with Gasteiger partial charge in [-0.1, -0.05) is 49.1 Å². The lowest BCUT2D eigenvalue weighted by atomic mass is 10.1. The Morgan fingerprint density at radius 3 is 2.11 bits per heavy atom. The van der Waals surface area contributed by atoms with Crippen LogP contribution in [0.3, 0.4) is 0 Å². The summed E-state index contributed by atoms with van der Waals surface area (Å²) in [5.41, 5.74) is 2.02. The Kier molecular flexibility index (Phi) is 3.53. The van der Waals surface area contributed by atoms with E-state index in [0.717, 1.165) is 11.3 Å². The highest BCUT2D eigenvalue weighted by molar-refractivity contribution is 6.88. The monoisotopic (exact) mass is 271 g/mol. The number of carbonyl (C=O) groups is 1. The number of nitrogens with zero attached hydrogens (tertiary/aromatic N) is 1. The Bertz CT molecular complexity index is 583. The second kappa shape index (κ2) is 4.97. The molecule has 98 valence electrons. The zero-order valence-electron chi connectivity index (χ0n) is 11.3. The van der Waals surface area contributed by atoms with E-state index < -0.39 is 14.0 Å². The van der Waals surface area contributed by atoms with Crippen molar-refractivity contribution < 1.29 is 9.90 Å². The predicted octanol–water partition coefficient (Wildman–Crippen LogP) is 2.99. The second-order valence-corrected chi connectivity index (χ2v) is 10.6. The van der Waals surface area contributed by atoms with E-state index in [1.54, 1.807) is 12.1 Å². The molecule has 1 heterocycles. The fourth-order valence-corrected chi connectivity index (χ4v) is 3.00. The smallest absolute Gasteiger partial charge is 0.337 e. The molecule has 0 aliphatic rings. The Morgan fingerprint density at radius 2 is 1.68 bits per heavy atom. The average Bonchev–Trinajstić information content (AvgIpc) is 2.38. The Morgan fingerprint density at radius 1 is 1.05 bits per heavy atom. The fraction of sp³-hybridized carbons (Fsp3) is 0.200. The molecule has 0 atom stereocenters. The van der Waals surface area contributed by atoms with Crippen molar-refractivity contribution in [2.75, 3.05) is 0 Å². The van der Waals surface area contributed by atoms with Crippen molar-refractivity contribution in [2.45, 2.75) is 19.6 Å². The van der Waals surface area contributed by atoms with Crippen molar-refractivity contribution in [1.82, 2.24) is 4.98 Å². The van der Waals surface area contributed by atoms with Gasteiger partial charge in [-0.05, 0) is 12.1 Å². The summed E-state index contributed by atoms with van der Waals surface area (Å²) in [5, 5.41) is 10.2. The zero-order chi connectivity index (χ0) is 14.0. The van der Waals surface area contributed by atoms with E-state index in [1.807, 2.05) is 0 Å². The lowest BCUT2D eigenvalue weighted by Gasteiger charge is -2.16. The van der Waals surface area contributed by atoms with Gasteiger partial charge in [0.25, 0.3) is 0 Å². The largest absolute Gasteiger partial charge is 0.478 e. The molecule has 2 rings (SSSR count). The standard InChI is InChI=1S/C15H17NO2Si/c1-19(2,3)13-7-4-11(5-8-13)14-9-6-12(10-16-14)15(17)18/h4-10H,1-3H3,(H,17,18). The molecule has 0 aliphatic carbocycles. The summed E-state index contributed by atoms with van der Waals surface area (Å²) < 4.78 is 0. The molecule has 0 amide bonds. The number of pyridine rings is 1. The number of hydrogen-bond acceptors (Lipinski definition) is 2. The van der Waals surface area contributed by atoms with E-state index in [9.17, 15) is 4.79 Å². The molecule has 3 nitrogen and oxygen atoms in total. The minimum Gasteiger partial charge on any atom is -0.478 e. The Labute approximate surface area is 114 Å². The third-order valence-corrected chi connectivity index (χ3v) is 5.12. The fourth-order valence-electron chi connectivity index (χ4n) is 1.83. The third kappa shape index (κ3) is 3.09. The van der Waals surface area contributed by atoms with E-state index in [4.69, 9.17) is 5.11 Å². The lowest BCUT2D eigenvalue weighted by Crippen LogP contribution is -2.37. The lowest BCUT2D eigenvalue weighted by molar-refractivity contribution is 0.0696. The predicted molar refractivity (Wildman–Crippen MR) is 79.6 cm³/mol. The minimum atomic E-state index is -1.28. The van der Waals surface area contributed by atoms with Gasteiger partial charge in [0.05, 0.1) is 19.3 Å². The molecule has 1 N–H and O–H groups in total. The van der Waals surface area contributed by atoms with Gasteiger partial charge in [0.1, 0.15) is 0 Å². The Balaban J connectivity index is 2.30. The molecule has 0 unspecified atom stereocenters. The molecule has 1 aromatic heterocycles. The number of benzene rings is 1. The number of aromatic carboxylic acids is 1. The van der Waals surface area contributed by atoms with Gasteiger partial charge in [-0.15, -0.1) is 0 Å². The summed E-state index contributed by atoms with van der Waals surface area (Å²) in [6.45, 7) is 6.92.